The fraction of sp³-hybridized carbons (Fsp3) is 0.133. The molecular weight excluding hydrogens is 270 g/mol. The molecule has 1 unspecified atom stereocenters. The molecule has 106 valence electrons. The minimum absolute atomic E-state index is 0.000806. The second kappa shape index (κ2) is 4.90. The third-order valence-corrected chi connectivity index (χ3v) is 3.50. The van der Waals surface area contributed by atoms with E-state index in [0.717, 1.165) is 11.3 Å². The maximum Gasteiger partial charge on any atom is 0.269 e. The van der Waals surface area contributed by atoms with Crippen molar-refractivity contribution in [3.8, 4) is 0 Å². The maximum absolute atomic E-state index is 12.2. The highest BCUT2D eigenvalue weighted by Crippen LogP contribution is 2.30. The Morgan fingerprint density at radius 3 is 2.67 bits per heavy atom. The largest absolute Gasteiger partial charge is 0.361 e. The minimum atomic E-state index is -0.481. The first-order valence-corrected chi connectivity index (χ1v) is 6.47. The summed E-state index contributed by atoms with van der Waals surface area (Å²) in [5.41, 5.74) is 2.94. The number of nitro groups is 1. The van der Waals surface area contributed by atoms with Gasteiger partial charge in [0.15, 0.2) is 0 Å². The molecule has 0 aliphatic carbocycles. The monoisotopic (exact) mass is 283 g/mol. The normalized spacial score (nSPS) is 16.6. The number of anilines is 1. The number of hydrogen-bond acceptors (Lipinski definition) is 4. The molecule has 6 heteroatoms. The lowest BCUT2D eigenvalue weighted by Gasteiger charge is -2.29. The Labute approximate surface area is 120 Å². The highest BCUT2D eigenvalue weighted by Gasteiger charge is 2.26. The highest BCUT2D eigenvalue weighted by molar-refractivity contribution is 6.02. The van der Waals surface area contributed by atoms with E-state index in [2.05, 4.69) is 10.6 Å². The van der Waals surface area contributed by atoms with Crippen LogP contribution in [0.2, 0.25) is 0 Å². The van der Waals surface area contributed by atoms with Crippen molar-refractivity contribution in [1.82, 2.24) is 5.32 Å². The molecule has 3 rings (SSSR count). The number of fused-ring (bicyclic) bond motifs is 1. The van der Waals surface area contributed by atoms with Crippen molar-refractivity contribution in [2.75, 3.05) is 5.32 Å². The van der Waals surface area contributed by atoms with Crippen LogP contribution in [-0.2, 0) is 0 Å². The average Bonchev–Trinajstić information content (AvgIpc) is 2.48. The van der Waals surface area contributed by atoms with Gasteiger partial charge in [0.05, 0.1) is 16.2 Å². The lowest BCUT2D eigenvalue weighted by molar-refractivity contribution is -0.384. The number of para-hydroxylation sites is 1. The van der Waals surface area contributed by atoms with Crippen molar-refractivity contribution in [1.29, 1.82) is 0 Å². The van der Waals surface area contributed by atoms with E-state index in [0.29, 0.717) is 11.1 Å². The number of carbonyl (C=O) groups is 1. The summed E-state index contributed by atoms with van der Waals surface area (Å²) in [7, 11) is 0. The fourth-order valence-corrected chi connectivity index (χ4v) is 2.42. The van der Waals surface area contributed by atoms with Gasteiger partial charge < -0.3 is 10.6 Å². The van der Waals surface area contributed by atoms with Crippen LogP contribution in [0.1, 0.15) is 27.7 Å². The summed E-state index contributed by atoms with van der Waals surface area (Å²) in [5, 5.41) is 16.9. The Kier molecular flexibility index (Phi) is 3.06. The Hall–Kier alpha value is -2.89. The van der Waals surface area contributed by atoms with Crippen molar-refractivity contribution in [2.24, 2.45) is 0 Å². The van der Waals surface area contributed by atoms with Gasteiger partial charge in [-0.1, -0.05) is 24.3 Å². The van der Waals surface area contributed by atoms with Crippen LogP contribution < -0.4 is 10.6 Å². The van der Waals surface area contributed by atoms with Crippen molar-refractivity contribution in [3.63, 3.8) is 0 Å². The molecule has 2 N–H and O–H groups in total. The van der Waals surface area contributed by atoms with Crippen molar-refractivity contribution in [2.45, 2.75) is 13.1 Å². The predicted molar refractivity (Wildman–Crippen MR) is 78.1 cm³/mol. The van der Waals surface area contributed by atoms with E-state index in [9.17, 15) is 14.9 Å². The third kappa shape index (κ3) is 2.31. The van der Waals surface area contributed by atoms with Gasteiger partial charge in [-0.05, 0) is 18.6 Å². The zero-order valence-electron chi connectivity index (χ0n) is 11.3. The van der Waals surface area contributed by atoms with Crippen LogP contribution in [0.5, 0.6) is 0 Å². The molecule has 0 spiro atoms. The zero-order chi connectivity index (χ0) is 15.0. The van der Waals surface area contributed by atoms with Gasteiger partial charge in [-0.3, -0.25) is 14.9 Å². The van der Waals surface area contributed by atoms with Crippen LogP contribution in [-0.4, -0.2) is 10.8 Å². The molecule has 0 bridgehead atoms. The molecule has 0 fully saturated rings. The topological polar surface area (TPSA) is 84.3 Å². The summed E-state index contributed by atoms with van der Waals surface area (Å²) >= 11 is 0. The molecule has 2 aromatic rings. The van der Waals surface area contributed by atoms with Crippen molar-refractivity contribution < 1.29 is 9.72 Å². The molecule has 1 aliphatic rings. The quantitative estimate of drug-likeness (QED) is 0.655. The van der Waals surface area contributed by atoms with E-state index < -0.39 is 11.1 Å². The average molecular weight is 283 g/mol. The summed E-state index contributed by atoms with van der Waals surface area (Å²) in [4.78, 5) is 22.6. The van der Waals surface area contributed by atoms with Crippen molar-refractivity contribution >= 4 is 17.3 Å². The number of amides is 1. The molecule has 1 aliphatic heterocycles. The minimum Gasteiger partial charge on any atom is -0.361 e. The first-order valence-electron chi connectivity index (χ1n) is 6.47. The van der Waals surface area contributed by atoms with Crippen LogP contribution in [0, 0.1) is 17.0 Å². The number of nitrogens with zero attached hydrogens (tertiary/aromatic N) is 1. The smallest absolute Gasteiger partial charge is 0.269 e. The van der Waals surface area contributed by atoms with E-state index in [1.54, 1.807) is 18.2 Å². The van der Waals surface area contributed by atoms with E-state index in [4.69, 9.17) is 0 Å². The number of aryl methyl sites for hydroxylation is 1. The number of nitrogens with one attached hydrogen (secondary N) is 2. The molecule has 6 nitrogen and oxygen atoms in total. The number of carbonyl (C=O) groups excluding carboxylic acids is 1. The Balaban J connectivity index is 1.99. The lowest BCUT2D eigenvalue weighted by Crippen LogP contribution is -2.38. The summed E-state index contributed by atoms with van der Waals surface area (Å²) in [6.45, 7) is 1.91. The first-order chi connectivity index (χ1) is 10.1. The summed E-state index contributed by atoms with van der Waals surface area (Å²) in [5.74, 6) is -0.191. The molecule has 0 saturated carbocycles. The summed E-state index contributed by atoms with van der Waals surface area (Å²) < 4.78 is 0. The predicted octanol–water partition coefficient (Wildman–Crippen LogP) is 2.76. The Morgan fingerprint density at radius 2 is 1.90 bits per heavy atom. The Bertz CT molecular complexity index is 743. The molecule has 21 heavy (non-hydrogen) atoms. The second-order valence-electron chi connectivity index (χ2n) is 4.90. The van der Waals surface area contributed by atoms with Gasteiger partial charge in [0.2, 0.25) is 0 Å². The molecule has 1 heterocycles. The zero-order valence-corrected chi connectivity index (χ0v) is 11.3. The molecule has 0 radical (unpaired) electrons. The van der Waals surface area contributed by atoms with Crippen LogP contribution in [0.3, 0.4) is 0 Å². The summed E-state index contributed by atoms with van der Waals surface area (Å²) in [6, 6.07) is 11.7. The van der Waals surface area contributed by atoms with E-state index in [-0.39, 0.29) is 11.6 Å². The second-order valence-corrected chi connectivity index (χ2v) is 4.90. The first kappa shape index (κ1) is 13.1. The third-order valence-electron chi connectivity index (χ3n) is 3.50. The van der Waals surface area contributed by atoms with E-state index in [1.807, 2.05) is 19.1 Å². The van der Waals surface area contributed by atoms with Gasteiger partial charge in [-0.25, -0.2) is 0 Å². The number of nitro benzene ring substituents is 1. The van der Waals surface area contributed by atoms with Gasteiger partial charge in [0.25, 0.3) is 11.6 Å². The molecule has 1 atom stereocenters. The SMILES string of the molecule is Cc1cccc2c1NC(c1cccc([N+](=O)[O-])c1)NC2=O. The molecule has 1 amide bonds. The molecular formula is C15H13N3O3. The molecule has 2 aromatic carbocycles. The number of hydrogen-bond donors (Lipinski definition) is 2. The van der Waals surface area contributed by atoms with E-state index in [1.165, 1.54) is 12.1 Å². The lowest BCUT2D eigenvalue weighted by atomic mass is 10.0. The maximum atomic E-state index is 12.2. The van der Waals surface area contributed by atoms with Gasteiger partial charge in [0.1, 0.15) is 6.17 Å². The van der Waals surface area contributed by atoms with Gasteiger partial charge >= 0.3 is 0 Å². The fourth-order valence-electron chi connectivity index (χ4n) is 2.42. The number of non-ortho nitro benzene ring substituents is 1. The number of rotatable bonds is 2. The Morgan fingerprint density at radius 1 is 1.14 bits per heavy atom. The van der Waals surface area contributed by atoms with E-state index >= 15 is 0 Å². The standard InChI is InChI=1S/C15H13N3O3/c1-9-4-2-7-12-13(9)16-14(17-15(12)19)10-5-3-6-11(8-10)18(20)21/h2-8,14,16H,1H3,(H,17,19). The van der Waals surface area contributed by atoms with Crippen LogP contribution >= 0.6 is 0 Å². The van der Waals surface area contributed by atoms with Crippen LogP contribution in [0.15, 0.2) is 42.5 Å². The van der Waals surface area contributed by atoms with Crippen LogP contribution in [0.4, 0.5) is 11.4 Å². The highest BCUT2D eigenvalue weighted by atomic mass is 16.6. The van der Waals surface area contributed by atoms with Gasteiger partial charge in [-0.15, -0.1) is 0 Å². The molecule has 0 aromatic heterocycles. The summed E-state index contributed by atoms with van der Waals surface area (Å²) in [6.07, 6.45) is -0.481. The van der Waals surface area contributed by atoms with Gasteiger partial charge in [-0.2, -0.15) is 0 Å². The number of benzene rings is 2. The van der Waals surface area contributed by atoms with Crippen molar-refractivity contribution in [3.05, 3.63) is 69.3 Å². The molecule has 0 saturated heterocycles. The van der Waals surface area contributed by atoms with Gasteiger partial charge in [0, 0.05) is 17.7 Å². The van der Waals surface area contributed by atoms with Crippen LogP contribution in [0.25, 0.3) is 0 Å².